The van der Waals surface area contributed by atoms with Crippen molar-refractivity contribution in [2.24, 2.45) is 0 Å². The molecule has 0 aliphatic rings. The minimum absolute atomic E-state index is 0.110. The summed E-state index contributed by atoms with van der Waals surface area (Å²) in [4.78, 5) is 30.8. The molecule has 0 spiro atoms. The number of phenols is 2. The number of aliphatic hydroxyl groups excluding tert-OH is 3. The molecule has 2 aromatic carbocycles. The van der Waals surface area contributed by atoms with Crippen molar-refractivity contribution in [1.29, 1.82) is 0 Å². The van der Waals surface area contributed by atoms with Gasteiger partial charge in [-0.25, -0.2) is 14.4 Å². The topological polar surface area (TPSA) is 226 Å². The Morgan fingerprint density at radius 3 is 1.97 bits per heavy atom. The van der Waals surface area contributed by atoms with Crippen molar-refractivity contribution in [2.75, 3.05) is 19.0 Å². The molecule has 0 saturated heterocycles. The van der Waals surface area contributed by atoms with Crippen molar-refractivity contribution < 1.29 is 54.9 Å². The average Bonchev–Trinajstić information content (AvgIpc) is 2.84. The van der Waals surface area contributed by atoms with Crippen LogP contribution in [0.5, 0.6) is 11.5 Å². The number of ether oxygens (including phenoxy) is 1. The number of aromatic hydroxyl groups is 2. The van der Waals surface area contributed by atoms with E-state index in [0.717, 1.165) is 12.0 Å². The molecule has 36 heavy (non-hydrogen) atoms. The number of hydrogen-bond acceptors (Lipinski definition) is 10. The molecule has 0 aliphatic heterocycles. The van der Waals surface area contributed by atoms with Gasteiger partial charge in [0.1, 0.15) is 11.5 Å². The Kier molecular flexibility index (Phi) is 12.1. The minimum Gasteiger partial charge on any atom is -0.508 e. The number of rotatable bonds is 10. The van der Waals surface area contributed by atoms with Crippen LogP contribution in [0.3, 0.4) is 0 Å². The highest BCUT2D eigenvalue weighted by molar-refractivity contribution is 5.86. The van der Waals surface area contributed by atoms with E-state index in [2.05, 4.69) is 15.4 Å². The van der Waals surface area contributed by atoms with Crippen LogP contribution >= 0.6 is 0 Å². The summed E-state index contributed by atoms with van der Waals surface area (Å²) in [7, 11) is 1.23. The van der Waals surface area contributed by atoms with E-state index in [0.29, 0.717) is 12.1 Å². The van der Waals surface area contributed by atoms with E-state index in [9.17, 15) is 29.7 Å². The molecular weight excluding hydrogens is 480 g/mol. The van der Waals surface area contributed by atoms with E-state index in [1.165, 1.54) is 19.2 Å². The first kappa shape index (κ1) is 30.1. The van der Waals surface area contributed by atoms with Crippen LogP contribution in [-0.4, -0.2) is 85.7 Å². The van der Waals surface area contributed by atoms with Crippen LogP contribution in [0.2, 0.25) is 0 Å². The van der Waals surface area contributed by atoms with Gasteiger partial charge in [-0.05, 0) is 48.7 Å². The number of aliphatic hydroxyl groups is 3. The predicted octanol–water partition coefficient (Wildman–Crippen LogP) is 0.408. The lowest BCUT2D eigenvalue weighted by molar-refractivity contribution is -0.165. The number of nitrogens with one attached hydrogen (secondary N) is 2. The molecule has 198 valence electrons. The lowest BCUT2D eigenvalue weighted by atomic mass is 10.1. The first-order valence-corrected chi connectivity index (χ1v) is 10.5. The number of carboxylic acid groups (broad SMARTS) is 2. The second-order valence-corrected chi connectivity index (χ2v) is 7.65. The fourth-order valence-corrected chi connectivity index (χ4v) is 2.78. The molecule has 0 bridgehead atoms. The van der Waals surface area contributed by atoms with E-state index in [1.807, 2.05) is 19.1 Å². The molecule has 9 N–H and O–H groups in total. The third-order valence-electron chi connectivity index (χ3n) is 4.77. The Hall–Kier alpha value is -3.91. The second kappa shape index (κ2) is 14.5. The third kappa shape index (κ3) is 10.1. The number of methoxy groups -OCH3 is 1. The molecular formula is C23H30N2O11. The molecule has 2 rings (SSSR count). The predicted molar refractivity (Wildman–Crippen MR) is 126 cm³/mol. The fraction of sp³-hybridized carbons (Fsp3) is 0.348. The van der Waals surface area contributed by atoms with E-state index in [4.69, 9.17) is 20.4 Å². The normalized spacial score (nSPS) is 13.8. The Balaban J connectivity index is 0.000000548. The summed E-state index contributed by atoms with van der Waals surface area (Å²) in [6.45, 7) is 2.31. The molecule has 13 heteroatoms. The van der Waals surface area contributed by atoms with Crippen LogP contribution in [-0.2, 0) is 20.7 Å². The molecule has 4 atom stereocenters. The van der Waals surface area contributed by atoms with Crippen LogP contribution in [0.1, 0.15) is 24.2 Å². The summed E-state index contributed by atoms with van der Waals surface area (Å²) in [5, 5.41) is 67.6. The number of carbonyl (C=O) groups excluding carboxylic acids is 1. The largest absolute Gasteiger partial charge is 0.508 e. The highest BCUT2D eigenvalue weighted by Crippen LogP contribution is 2.27. The Labute approximate surface area is 206 Å². The molecule has 0 aromatic heterocycles. The Morgan fingerprint density at radius 2 is 1.47 bits per heavy atom. The van der Waals surface area contributed by atoms with Crippen molar-refractivity contribution >= 4 is 23.7 Å². The van der Waals surface area contributed by atoms with Crippen LogP contribution < -0.4 is 10.6 Å². The lowest BCUT2D eigenvalue weighted by Crippen LogP contribution is -2.39. The highest BCUT2D eigenvalue weighted by atomic mass is 16.5. The fourth-order valence-electron chi connectivity index (χ4n) is 2.78. The van der Waals surface area contributed by atoms with E-state index in [-0.39, 0.29) is 23.2 Å². The van der Waals surface area contributed by atoms with Crippen LogP contribution in [0, 0.1) is 0 Å². The third-order valence-corrected chi connectivity index (χ3v) is 4.77. The van der Waals surface area contributed by atoms with Gasteiger partial charge in [-0.2, -0.15) is 0 Å². The smallest absolute Gasteiger partial charge is 0.411 e. The number of carboxylic acids is 2. The molecule has 2 aromatic rings. The van der Waals surface area contributed by atoms with Crippen molar-refractivity contribution in [3.05, 3.63) is 53.6 Å². The average molecular weight is 510 g/mol. The summed E-state index contributed by atoms with van der Waals surface area (Å²) < 4.78 is 4.50. The molecule has 0 saturated carbocycles. The zero-order valence-electron chi connectivity index (χ0n) is 19.5. The summed E-state index contributed by atoms with van der Waals surface area (Å²) in [6.07, 6.45) is -5.30. The van der Waals surface area contributed by atoms with Crippen molar-refractivity contribution in [2.45, 2.75) is 37.7 Å². The maximum atomic E-state index is 11.3. The molecule has 1 amide bonds. The number of amides is 1. The first-order chi connectivity index (χ1) is 16.8. The second-order valence-electron chi connectivity index (χ2n) is 7.65. The standard InChI is InChI=1S/C19H24N2O5.C4H6O6/c1-12(9-13-3-6-15(22)7-4-13)20-11-18(24)14-5-8-17(23)16(10-14)21-19(25)26-2;5-1(3(7)8)2(6)4(9)10/h3-8,10,12,18,20,22-24H,9,11H2,1-2H3,(H,21,25);1-2,5-6H,(H,7,8)(H,9,10)/t12-,18-;1-,2-/m10/s1. The molecule has 13 nitrogen and oxygen atoms in total. The van der Waals surface area contributed by atoms with Gasteiger partial charge in [0, 0.05) is 12.6 Å². The first-order valence-electron chi connectivity index (χ1n) is 10.5. The summed E-state index contributed by atoms with van der Waals surface area (Å²) in [5.41, 5.74) is 1.80. The zero-order chi connectivity index (χ0) is 27.4. The number of phenolic OH excluding ortho intramolecular Hbond substituents is 2. The van der Waals surface area contributed by atoms with Gasteiger partial charge in [-0.15, -0.1) is 0 Å². The van der Waals surface area contributed by atoms with Crippen molar-refractivity contribution in [3.63, 3.8) is 0 Å². The number of hydrogen-bond donors (Lipinski definition) is 9. The van der Waals surface area contributed by atoms with Gasteiger partial charge in [0.15, 0.2) is 12.2 Å². The van der Waals surface area contributed by atoms with E-state index in [1.54, 1.807) is 18.2 Å². The number of anilines is 1. The molecule has 0 unspecified atom stereocenters. The SMILES string of the molecule is COC(=O)Nc1cc([C@H](O)CN[C@H](C)Cc2ccc(O)cc2)ccc1O.O=C(O)[C@@H](O)[C@H](O)C(=O)O. The quantitative estimate of drug-likeness (QED) is 0.198. The summed E-state index contributed by atoms with van der Waals surface area (Å²) in [5.74, 6) is -3.42. The molecule has 0 heterocycles. The van der Waals surface area contributed by atoms with Gasteiger partial charge in [-0.1, -0.05) is 18.2 Å². The Morgan fingerprint density at radius 1 is 0.917 bits per heavy atom. The van der Waals surface area contributed by atoms with Crippen LogP contribution in [0.15, 0.2) is 42.5 Å². The Bertz CT molecular complexity index is 996. The van der Waals surface area contributed by atoms with Crippen molar-refractivity contribution in [3.8, 4) is 11.5 Å². The molecule has 0 fully saturated rings. The number of aliphatic carboxylic acids is 2. The minimum atomic E-state index is -2.27. The highest BCUT2D eigenvalue weighted by Gasteiger charge is 2.29. The van der Waals surface area contributed by atoms with Gasteiger partial charge in [0.2, 0.25) is 0 Å². The van der Waals surface area contributed by atoms with Crippen LogP contribution in [0.25, 0.3) is 0 Å². The van der Waals surface area contributed by atoms with Crippen molar-refractivity contribution in [1.82, 2.24) is 5.32 Å². The lowest BCUT2D eigenvalue weighted by Gasteiger charge is -2.18. The van der Waals surface area contributed by atoms with E-state index >= 15 is 0 Å². The summed E-state index contributed by atoms with van der Waals surface area (Å²) in [6, 6.07) is 11.6. The van der Waals surface area contributed by atoms with Gasteiger partial charge >= 0.3 is 18.0 Å². The monoisotopic (exact) mass is 510 g/mol. The van der Waals surface area contributed by atoms with Gasteiger partial charge in [-0.3, -0.25) is 5.32 Å². The van der Waals surface area contributed by atoms with Gasteiger partial charge in [0.05, 0.1) is 18.9 Å². The van der Waals surface area contributed by atoms with Crippen LogP contribution in [0.4, 0.5) is 10.5 Å². The zero-order valence-corrected chi connectivity index (χ0v) is 19.5. The number of benzene rings is 2. The summed E-state index contributed by atoms with van der Waals surface area (Å²) >= 11 is 0. The molecule has 0 aliphatic carbocycles. The maximum absolute atomic E-state index is 11.3. The van der Waals surface area contributed by atoms with Gasteiger partial charge in [0.25, 0.3) is 0 Å². The number of carbonyl (C=O) groups is 3. The van der Waals surface area contributed by atoms with Gasteiger partial charge < -0.3 is 45.8 Å². The molecule has 0 radical (unpaired) electrons. The maximum Gasteiger partial charge on any atom is 0.411 e. The van der Waals surface area contributed by atoms with E-state index < -0.39 is 36.3 Å².